The molecule has 0 radical (unpaired) electrons. The minimum absolute atomic E-state index is 0.240. The van der Waals surface area contributed by atoms with E-state index in [1.165, 1.54) is 11.0 Å². The monoisotopic (exact) mass is 292 g/mol. The van der Waals surface area contributed by atoms with Gasteiger partial charge in [-0.2, -0.15) is 14.4 Å². The van der Waals surface area contributed by atoms with Crippen LogP contribution in [0.1, 0.15) is 0 Å². The van der Waals surface area contributed by atoms with Crippen molar-refractivity contribution >= 4 is 0 Å². The average Bonchev–Trinajstić information content (AvgIpc) is 2.94. The molecule has 0 spiro atoms. The molecule has 21 heavy (non-hydrogen) atoms. The predicted molar refractivity (Wildman–Crippen MR) is 65.5 cm³/mol. The summed E-state index contributed by atoms with van der Waals surface area (Å²) in [5, 5.41) is 3.93. The summed E-state index contributed by atoms with van der Waals surface area (Å²) in [6.45, 7) is 0. The molecule has 106 valence electrons. The number of para-hydroxylation sites is 1. The van der Waals surface area contributed by atoms with Crippen LogP contribution in [-0.2, 0) is 0 Å². The molecular weight excluding hydrogens is 285 g/mol. The van der Waals surface area contributed by atoms with Crippen LogP contribution in [0.25, 0.3) is 5.69 Å². The van der Waals surface area contributed by atoms with E-state index in [1.807, 2.05) is 6.07 Å². The summed E-state index contributed by atoms with van der Waals surface area (Å²) in [7, 11) is 0. The van der Waals surface area contributed by atoms with Crippen LogP contribution in [0.15, 0.2) is 42.7 Å². The van der Waals surface area contributed by atoms with E-state index in [1.54, 1.807) is 24.3 Å². The first kappa shape index (κ1) is 13.1. The summed E-state index contributed by atoms with van der Waals surface area (Å²) in [5.41, 5.74) is 0.707. The second-order valence-electron chi connectivity index (χ2n) is 3.96. The van der Waals surface area contributed by atoms with Gasteiger partial charge in [0.05, 0.1) is 5.69 Å². The van der Waals surface area contributed by atoms with E-state index < -0.39 is 23.5 Å². The van der Waals surface area contributed by atoms with E-state index in [4.69, 9.17) is 4.74 Å². The van der Waals surface area contributed by atoms with Crippen LogP contribution < -0.4 is 4.74 Å². The van der Waals surface area contributed by atoms with E-state index in [0.717, 1.165) is 0 Å². The minimum atomic E-state index is -1.46. The number of nitrogens with zero attached hydrogens (tertiary/aromatic N) is 4. The Balaban J connectivity index is 1.87. The lowest BCUT2D eigenvalue weighted by molar-refractivity contribution is 0.368. The maximum atomic E-state index is 13.4. The lowest BCUT2D eigenvalue weighted by Crippen LogP contribution is -1.99. The smallest absolute Gasteiger partial charge is 0.342 e. The number of hydrogen-bond donors (Lipinski definition) is 0. The van der Waals surface area contributed by atoms with Gasteiger partial charge in [-0.1, -0.05) is 18.2 Å². The number of aromatic nitrogens is 4. The summed E-state index contributed by atoms with van der Waals surface area (Å²) < 4.78 is 45.4. The molecule has 2 heterocycles. The van der Waals surface area contributed by atoms with Gasteiger partial charge in [0.25, 0.3) is 11.8 Å². The fraction of sp³-hybridized carbons (Fsp3) is 0. The molecular formula is C13H7F3N4O. The third kappa shape index (κ3) is 2.69. The molecule has 0 saturated carbocycles. The highest BCUT2D eigenvalue weighted by molar-refractivity contribution is 5.30. The van der Waals surface area contributed by atoms with Crippen molar-refractivity contribution in [1.29, 1.82) is 0 Å². The number of rotatable bonds is 3. The van der Waals surface area contributed by atoms with Crippen LogP contribution in [0, 0.1) is 17.6 Å². The van der Waals surface area contributed by atoms with Crippen molar-refractivity contribution in [1.82, 2.24) is 19.7 Å². The quantitative estimate of drug-likeness (QED) is 0.697. The normalized spacial score (nSPS) is 10.6. The van der Waals surface area contributed by atoms with Gasteiger partial charge in [-0.3, -0.25) is 0 Å². The van der Waals surface area contributed by atoms with Gasteiger partial charge in [0.2, 0.25) is 0 Å². The van der Waals surface area contributed by atoms with E-state index in [9.17, 15) is 13.2 Å². The van der Waals surface area contributed by atoms with Crippen molar-refractivity contribution in [3.05, 3.63) is 60.3 Å². The van der Waals surface area contributed by atoms with Gasteiger partial charge in [-0.05, 0) is 12.1 Å². The Hall–Kier alpha value is -2.90. The summed E-state index contributed by atoms with van der Waals surface area (Å²) in [6, 6.07) is 9.08. The SMILES string of the molecule is Fc1cc(F)c(Oc2ncn(-c3ccccc3)n2)nc1F. The third-order valence-corrected chi connectivity index (χ3v) is 2.53. The highest BCUT2D eigenvalue weighted by atomic mass is 19.2. The molecule has 0 amide bonds. The van der Waals surface area contributed by atoms with E-state index in [0.29, 0.717) is 11.8 Å². The number of benzene rings is 1. The van der Waals surface area contributed by atoms with Crippen LogP contribution in [0.2, 0.25) is 0 Å². The maximum Gasteiger partial charge on any atom is 0.342 e. The molecule has 8 heteroatoms. The van der Waals surface area contributed by atoms with E-state index >= 15 is 0 Å². The third-order valence-electron chi connectivity index (χ3n) is 2.53. The van der Waals surface area contributed by atoms with Crippen molar-refractivity contribution in [2.24, 2.45) is 0 Å². The minimum Gasteiger partial charge on any atom is -0.401 e. The fourth-order valence-corrected chi connectivity index (χ4v) is 1.59. The molecule has 0 aliphatic rings. The van der Waals surface area contributed by atoms with Crippen molar-refractivity contribution in [3.63, 3.8) is 0 Å². The molecule has 0 aliphatic carbocycles. The molecule has 0 fully saturated rings. The zero-order chi connectivity index (χ0) is 14.8. The lowest BCUT2D eigenvalue weighted by Gasteiger charge is -2.02. The van der Waals surface area contributed by atoms with Crippen LogP contribution >= 0.6 is 0 Å². The summed E-state index contributed by atoms with van der Waals surface area (Å²) in [4.78, 5) is 6.81. The molecule has 3 aromatic rings. The zero-order valence-electron chi connectivity index (χ0n) is 10.4. The Morgan fingerprint density at radius 3 is 2.52 bits per heavy atom. The van der Waals surface area contributed by atoms with Gasteiger partial charge in [-0.25, -0.2) is 13.5 Å². The highest BCUT2D eigenvalue weighted by Gasteiger charge is 2.15. The average molecular weight is 292 g/mol. The lowest BCUT2D eigenvalue weighted by atomic mass is 10.3. The molecule has 3 rings (SSSR count). The van der Waals surface area contributed by atoms with Crippen molar-refractivity contribution in [2.75, 3.05) is 0 Å². The largest absolute Gasteiger partial charge is 0.401 e. The molecule has 2 aromatic heterocycles. The van der Waals surface area contributed by atoms with Crippen LogP contribution in [0.5, 0.6) is 11.9 Å². The summed E-state index contributed by atoms with van der Waals surface area (Å²) >= 11 is 0. The standard InChI is InChI=1S/C13H7F3N4O/c14-9-6-10(15)12(18-11(9)16)21-13-17-7-20(19-13)8-4-2-1-3-5-8/h1-7H. The van der Waals surface area contributed by atoms with Gasteiger partial charge in [0, 0.05) is 6.07 Å². The molecule has 0 atom stereocenters. The van der Waals surface area contributed by atoms with Crippen molar-refractivity contribution in [2.45, 2.75) is 0 Å². The fourth-order valence-electron chi connectivity index (χ4n) is 1.59. The number of halogens is 3. The highest BCUT2D eigenvalue weighted by Crippen LogP contribution is 2.21. The first-order valence-corrected chi connectivity index (χ1v) is 5.80. The maximum absolute atomic E-state index is 13.4. The number of ether oxygens (including phenoxy) is 1. The molecule has 0 aliphatic heterocycles. The first-order chi connectivity index (χ1) is 10.1. The molecule has 0 N–H and O–H groups in total. The second-order valence-corrected chi connectivity index (χ2v) is 3.96. The van der Waals surface area contributed by atoms with Gasteiger partial charge in [0.1, 0.15) is 6.33 Å². The molecule has 0 saturated heterocycles. The van der Waals surface area contributed by atoms with Gasteiger partial charge < -0.3 is 4.74 Å². The van der Waals surface area contributed by atoms with Crippen molar-refractivity contribution in [3.8, 4) is 17.6 Å². The molecule has 0 unspecified atom stereocenters. The van der Waals surface area contributed by atoms with E-state index in [-0.39, 0.29) is 6.01 Å². The Bertz CT molecular complexity index is 776. The van der Waals surface area contributed by atoms with Gasteiger partial charge >= 0.3 is 6.01 Å². The molecule has 1 aromatic carbocycles. The predicted octanol–water partition coefficient (Wildman–Crippen LogP) is 2.87. The Kier molecular flexibility index (Phi) is 3.27. The van der Waals surface area contributed by atoms with Crippen LogP contribution in [0.4, 0.5) is 13.2 Å². The summed E-state index contributed by atoms with van der Waals surface area (Å²) in [6.07, 6.45) is 1.34. The van der Waals surface area contributed by atoms with Gasteiger partial charge in [-0.15, -0.1) is 5.10 Å². The van der Waals surface area contributed by atoms with Crippen LogP contribution in [-0.4, -0.2) is 19.7 Å². The topological polar surface area (TPSA) is 52.8 Å². The first-order valence-electron chi connectivity index (χ1n) is 5.80. The van der Waals surface area contributed by atoms with Crippen molar-refractivity contribution < 1.29 is 17.9 Å². The van der Waals surface area contributed by atoms with E-state index in [2.05, 4.69) is 15.1 Å². The molecule has 0 bridgehead atoms. The van der Waals surface area contributed by atoms with Crippen LogP contribution in [0.3, 0.4) is 0 Å². The Morgan fingerprint density at radius 2 is 1.76 bits per heavy atom. The second kappa shape index (κ2) is 5.23. The zero-order valence-corrected chi connectivity index (χ0v) is 10.4. The Morgan fingerprint density at radius 1 is 1.00 bits per heavy atom. The molecule has 5 nitrogen and oxygen atoms in total. The number of pyridine rings is 1. The Labute approximate surface area is 116 Å². The van der Waals surface area contributed by atoms with Gasteiger partial charge in [0.15, 0.2) is 11.6 Å². The summed E-state index contributed by atoms with van der Waals surface area (Å²) in [5.74, 6) is -4.75. The number of hydrogen-bond acceptors (Lipinski definition) is 4.